The first kappa shape index (κ1) is 20.8. The van der Waals surface area contributed by atoms with Crippen molar-refractivity contribution in [1.82, 2.24) is 9.96 Å². The van der Waals surface area contributed by atoms with Crippen LogP contribution in [-0.4, -0.2) is 65.2 Å². The monoisotopic (exact) mass is 404 g/mol. The van der Waals surface area contributed by atoms with Gasteiger partial charge in [-0.25, -0.2) is 9.59 Å². The Hall–Kier alpha value is -2.94. The van der Waals surface area contributed by atoms with Crippen molar-refractivity contribution in [2.45, 2.75) is 50.9 Å². The van der Waals surface area contributed by atoms with E-state index in [2.05, 4.69) is 0 Å². The van der Waals surface area contributed by atoms with Crippen LogP contribution in [0.25, 0.3) is 0 Å². The summed E-state index contributed by atoms with van der Waals surface area (Å²) in [6.07, 6.45) is -0.677. The molecule has 0 atom stereocenters. The Balaban J connectivity index is 1.81. The third-order valence-corrected chi connectivity index (χ3v) is 5.08. The highest BCUT2D eigenvalue weighted by atomic mass is 16.7. The van der Waals surface area contributed by atoms with Gasteiger partial charge in [0, 0.05) is 27.0 Å². The number of carbonyl (C=O) groups is 4. The second-order valence-electron chi connectivity index (χ2n) is 8.17. The van der Waals surface area contributed by atoms with E-state index in [1.165, 1.54) is 26.3 Å². The second kappa shape index (κ2) is 7.14. The number of fused-ring (bicyclic) bond motifs is 1. The fraction of sp³-hybridized carbons (Fsp3) is 0.500. The molecule has 1 aromatic carbocycles. The maximum absolute atomic E-state index is 13.0. The summed E-state index contributed by atoms with van der Waals surface area (Å²) in [5.74, 6) is -2.35. The van der Waals surface area contributed by atoms with Gasteiger partial charge in [0.15, 0.2) is 5.54 Å². The summed E-state index contributed by atoms with van der Waals surface area (Å²) < 4.78 is 10.6. The van der Waals surface area contributed by atoms with Crippen LogP contribution in [0.5, 0.6) is 0 Å². The summed E-state index contributed by atoms with van der Waals surface area (Å²) in [7, 11) is 2.92. The van der Waals surface area contributed by atoms with Gasteiger partial charge in [-0.1, -0.05) is 17.2 Å². The molecule has 29 heavy (non-hydrogen) atoms. The Kier molecular flexibility index (Phi) is 5.12. The summed E-state index contributed by atoms with van der Waals surface area (Å²) in [6.45, 7) is 5.13. The van der Waals surface area contributed by atoms with Gasteiger partial charge in [0.2, 0.25) is 0 Å². The lowest BCUT2D eigenvalue weighted by Gasteiger charge is -2.49. The van der Waals surface area contributed by atoms with Crippen molar-refractivity contribution < 1.29 is 33.5 Å². The lowest BCUT2D eigenvalue weighted by Crippen LogP contribution is -2.66. The molecular formula is C20H24N2O7. The summed E-state index contributed by atoms with van der Waals surface area (Å²) in [6, 6.07) is 6.19. The first-order valence-electron chi connectivity index (χ1n) is 9.20. The van der Waals surface area contributed by atoms with Gasteiger partial charge in [-0.3, -0.25) is 14.5 Å². The van der Waals surface area contributed by atoms with Gasteiger partial charge in [0.05, 0.1) is 17.2 Å². The summed E-state index contributed by atoms with van der Waals surface area (Å²) >= 11 is 0. The molecule has 0 saturated heterocycles. The van der Waals surface area contributed by atoms with E-state index < -0.39 is 35.0 Å². The van der Waals surface area contributed by atoms with Gasteiger partial charge in [-0.15, -0.1) is 0 Å². The fourth-order valence-electron chi connectivity index (χ4n) is 3.36. The van der Waals surface area contributed by atoms with Gasteiger partial charge in [0.25, 0.3) is 11.8 Å². The zero-order chi connectivity index (χ0) is 21.6. The summed E-state index contributed by atoms with van der Waals surface area (Å²) in [5.41, 5.74) is -1.85. The minimum atomic E-state index is -1.40. The smallest absolute Gasteiger partial charge is 0.410 e. The molecule has 1 aliphatic heterocycles. The molecule has 1 fully saturated rings. The summed E-state index contributed by atoms with van der Waals surface area (Å²) in [4.78, 5) is 56.9. The standard InChI is InChI=1S/C20H24N2O7/c1-19(2,3)28-18(26)21(4)20(10-12(11-20)27-5)17(25)29-22-15(23)13-8-6-7-9-14(13)16(22)24/h6-9,12H,10-11H2,1-5H3. The molecule has 0 unspecified atom stereocenters. The third kappa shape index (κ3) is 3.57. The van der Waals surface area contributed by atoms with E-state index >= 15 is 0 Å². The van der Waals surface area contributed by atoms with Crippen molar-refractivity contribution in [2.75, 3.05) is 14.2 Å². The first-order valence-corrected chi connectivity index (χ1v) is 9.20. The molecule has 1 saturated carbocycles. The number of ether oxygens (including phenoxy) is 2. The van der Waals surface area contributed by atoms with Crippen LogP contribution in [0.4, 0.5) is 4.79 Å². The van der Waals surface area contributed by atoms with Crippen molar-refractivity contribution >= 4 is 23.9 Å². The molecule has 2 aliphatic rings. The lowest BCUT2D eigenvalue weighted by molar-refractivity contribution is -0.196. The molecule has 3 amide bonds. The van der Waals surface area contributed by atoms with Crippen LogP contribution in [0.3, 0.4) is 0 Å². The highest BCUT2D eigenvalue weighted by Gasteiger charge is 2.58. The lowest BCUT2D eigenvalue weighted by atomic mass is 9.73. The van der Waals surface area contributed by atoms with E-state index in [0.717, 1.165) is 4.90 Å². The van der Waals surface area contributed by atoms with Crippen LogP contribution < -0.4 is 0 Å². The number of amides is 3. The molecule has 156 valence electrons. The maximum Gasteiger partial charge on any atom is 0.410 e. The number of imide groups is 1. The number of likely N-dealkylation sites (N-methyl/N-ethyl adjacent to an activating group) is 1. The molecule has 1 aliphatic carbocycles. The predicted molar refractivity (Wildman–Crippen MR) is 99.8 cm³/mol. The molecule has 1 aromatic rings. The van der Waals surface area contributed by atoms with Gasteiger partial charge in [-0.2, -0.15) is 0 Å². The maximum atomic E-state index is 13.0. The van der Waals surface area contributed by atoms with Crippen molar-refractivity contribution in [3.05, 3.63) is 35.4 Å². The van der Waals surface area contributed by atoms with Crippen LogP contribution >= 0.6 is 0 Å². The van der Waals surface area contributed by atoms with Crippen LogP contribution in [0, 0.1) is 0 Å². The Morgan fingerprint density at radius 1 is 1.10 bits per heavy atom. The molecule has 1 heterocycles. The molecule has 0 radical (unpaired) electrons. The zero-order valence-corrected chi connectivity index (χ0v) is 17.1. The Morgan fingerprint density at radius 2 is 1.62 bits per heavy atom. The van der Waals surface area contributed by atoms with Crippen molar-refractivity contribution in [2.24, 2.45) is 0 Å². The van der Waals surface area contributed by atoms with Crippen molar-refractivity contribution in [3.8, 4) is 0 Å². The van der Waals surface area contributed by atoms with Gasteiger partial charge in [-0.05, 0) is 32.9 Å². The highest BCUT2D eigenvalue weighted by Crippen LogP contribution is 2.41. The van der Waals surface area contributed by atoms with E-state index in [-0.39, 0.29) is 30.1 Å². The number of methoxy groups -OCH3 is 1. The molecule has 3 rings (SSSR count). The molecule has 0 N–H and O–H groups in total. The summed E-state index contributed by atoms with van der Waals surface area (Å²) in [5, 5.41) is 0.442. The average molecular weight is 404 g/mol. The van der Waals surface area contributed by atoms with Crippen LogP contribution in [0.2, 0.25) is 0 Å². The van der Waals surface area contributed by atoms with E-state index in [1.54, 1.807) is 32.9 Å². The molecular weight excluding hydrogens is 380 g/mol. The number of carbonyl (C=O) groups excluding carboxylic acids is 4. The van der Waals surface area contributed by atoms with E-state index in [9.17, 15) is 19.2 Å². The van der Waals surface area contributed by atoms with Gasteiger partial charge >= 0.3 is 12.1 Å². The number of hydrogen-bond donors (Lipinski definition) is 0. The minimum Gasteiger partial charge on any atom is -0.444 e. The topological polar surface area (TPSA) is 102 Å². The minimum absolute atomic E-state index is 0.154. The predicted octanol–water partition coefficient (Wildman–Crippen LogP) is 2.16. The van der Waals surface area contributed by atoms with E-state index in [4.69, 9.17) is 14.3 Å². The van der Waals surface area contributed by atoms with Crippen molar-refractivity contribution in [3.63, 3.8) is 0 Å². The number of benzene rings is 1. The number of hydroxylamine groups is 2. The Morgan fingerprint density at radius 3 is 2.07 bits per heavy atom. The third-order valence-electron chi connectivity index (χ3n) is 5.08. The number of rotatable bonds is 4. The Bertz CT molecular complexity index is 833. The normalized spacial score (nSPS) is 23.3. The van der Waals surface area contributed by atoms with E-state index in [1.807, 2.05) is 0 Å². The molecule has 9 nitrogen and oxygen atoms in total. The number of hydrogen-bond acceptors (Lipinski definition) is 7. The molecule has 0 aromatic heterocycles. The first-order chi connectivity index (χ1) is 13.5. The zero-order valence-electron chi connectivity index (χ0n) is 17.1. The van der Waals surface area contributed by atoms with Gasteiger partial charge < -0.3 is 14.3 Å². The average Bonchev–Trinajstić information content (AvgIpc) is 2.85. The quantitative estimate of drug-likeness (QED) is 0.709. The van der Waals surface area contributed by atoms with Crippen LogP contribution in [0.15, 0.2) is 24.3 Å². The van der Waals surface area contributed by atoms with Crippen LogP contribution in [0.1, 0.15) is 54.3 Å². The van der Waals surface area contributed by atoms with Gasteiger partial charge in [0.1, 0.15) is 5.60 Å². The Labute approximate surface area is 168 Å². The highest BCUT2D eigenvalue weighted by molar-refractivity contribution is 6.21. The number of nitrogens with zero attached hydrogens (tertiary/aromatic N) is 2. The molecule has 0 bridgehead atoms. The fourth-order valence-corrected chi connectivity index (χ4v) is 3.36. The molecule has 0 spiro atoms. The van der Waals surface area contributed by atoms with Crippen molar-refractivity contribution in [1.29, 1.82) is 0 Å². The van der Waals surface area contributed by atoms with E-state index in [0.29, 0.717) is 5.06 Å². The SMILES string of the molecule is COC1CC(C(=O)ON2C(=O)c3ccccc3C2=O)(N(C)C(=O)OC(C)(C)C)C1. The molecule has 9 heteroatoms. The largest absolute Gasteiger partial charge is 0.444 e. The second-order valence-corrected chi connectivity index (χ2v) is 8.17. The van der Waals surface area contributed by atoms with Crippen LogP contribution in [-0.2, 0) is 19.1 Å².